The molecule has 0 aliphatic heterocycles. The molecule has 1 N–H and O–H groups in total. The highest BCUT2D eigenvalue weighted by Crippen LogP contribution is 2.16. The molecule has 0 unspecified atom stereocenters. The van der Waals surface area contributed by atoms with E-state index < -0.39 is 11.2 Å². The number of hydrogen-bond acceptors (Lipinski definition) is 5. The molecule has 0 aliphatic carbocycles. The maximum Gasteiger partial charge on any atom is 0.332 e. The zero-order valence-electron chi connectivity index (χ0n) is 18.5. The number of aromatic nitrogens is 4. The molecule has 3 heterocycles. The lowest BCUT2D eigenvalue weighted by Crippen LogP contribution is -2.42. The number of furan rings is 1. The van der Waals surface area contributed by atoms with Gasteiger partial charge in [0.1, 0.15) is 17.8 Å². The summed E-state index contributed by atoms with van der Waals surface area (Å²) in [5, 5.41) is 7.25. The first-order chi connectivity index (χ1) is 15.3. The number of benzene rings is 1. The normalized spacial score (nSPS) is 11.2. The van der Waals surface area contributed by atoms with E-state index in [1.54, 1.807) is 23.7 Å². The minimum absolute atomic E-state index is 0.0344. The molecule has 1 aromatic carbocycles. The zero-order valence-corrected chi connectivity index (χ0v) is 18.5. The van der Waals surface area contributed by atoms with Gasteiger partial charge in [0, 0.05) is 12.2 Å². The molecule has 0 saturated carbocycles. The minimum Gasteiger partial charge on any atom is -0.467 e. The number of carbonyl (C=O) groups is 1. The van der Waals surface area contributed by atoms with Gasteiger partial charge in [-0.15, -0.1) is 0 Å². The Morgan fingerprint density at radius 1 is 1.06 bits per heavy atom. The van der Waals surface area contributed by atoms with Gasteiger partial charge < -0.3 is 9.73 Å². The van der Waals surface area contributed by atoms with Gasteiger partial charge in [-0.2, -0.15) is 5.10 Å². The van der Waals surface area contributed by atoms with Gasteiger partial charge in [0.25, 0.3) is 5.56 Å². The molecule has 32 heavy (non-hydrogen) atoms. The van der Waals surface area contributed by atoms with Gasteiger partial charge in [0.15, 0.2) is 5.52 Å². The van der Waals surface area contributed by atoms with Gasteiger partial charge in [0.05, 0.1) is 18.5 Å². The van der Waals surface area contributed by atoms with Crippen molar-refractivity contribution in [3.63, 3.8) is 0 Å². The average Bonchev–Trinajstić information content (AvgIpc) is 3.38. The van der Waals surface area contributed by atoms with Crippen LogP contribution in [0, 0.1) is 20.8 Å². The highest BCUT2D eigenvalue weighted by Gasteiger charge is 2.22. The average molecular weight is 435 g/mol. The van der Waals surface area contributed by atoms with Gasteiger partial charge in [-0.1, -0.05) is 6.07 Å². The number of nitrogens with zero attached hydrogens (tertiary/aromatic N) is 4. The fraction of sp³-hybridized carbons (Fsp3) is 0.304. The van der Waals surface area contributed by atoms with Crippen LogP contribution >= 0.6 is 0 Å². The third-order valence-corrected chi connectivity index (χ3v) is 5.56. The van der Waals surface area contributed by atoms with Crippen molar-refractivity contribution in [3.8, 4) is 0 Å². The molecule has 0 fully saturated rings. The predicted molar refractivity (Wildman–Crippen MR) is 121 cm³/mol. The first kappa shape index (κ1) is 21.4. The van der Waals surface area contributed by atoms with E-state index in [-0.39, 0.29) is 24.5 Å². The third kappa shape index (κ3) is 3.77. The lowest BCUT2D eigenvalue weighted by molar-refractivity contribution is -0.116. The Hall–Kier alpha value is -3.88. The molecule has 3 aromatic heterocycles. The van der Waals surface area contributed by atoms with Crippen LogP contribution in [-0.4, -0.2) is 24.8 Å². The van der Waals surface area contributed by atoms with Crippen molar-refractivity contribution >= 4 is 22.6 Å². The molecule has 0 saturated heterocycles. The summed E-state index contributed by atoms with van der Waals surface area (Å²) < 4.78 is 9.28. The number of nitrogens with one attached hydrogen (secondary N) is 1. The van der Waals surface area contributed by atoms with Crippen LogP contribution < -0.4 is 16.6 Å². The second-order valence-corrected chi connectivity index (χ2v) is 7.78. The molecule has 0 bridgehead atoms. The quantitative estimate of drug-likeness (QED) is 0.501. The van der Waals surface area contributed by atoms with Crippen LogP contribution in [0.4, 0.5) is 5.69 Å². The molecule has 0 radical (unpaired) electrons. The van der Waals surface area contributed by atoms with Gasteiger partial charge >= 0.3 is 5.69 Å². The number of aryl methyl sites for hydroxylation is 4. The van der Waals surface area contributed by atoms with Crippen LogP contribution in [-0.2, 0) is 24.4 Å². The summed E-state index contributed by atoms with van der Waals surface area (Å²) in [6.45, 7) is 7.71. The van der Waals surface area contributed by atoms with Crippen LogP contribution in [0.3, 0.4) is 0 Å². The van der Waals surface area contributed by atoms with Crippen molar-refractivity contribution in [1.82, 2.24) is 18.9 Å². The molecule has 1 amide bonds. The van der Waals surface area contributed by atoms with E-state index >= 15 is 0 Å². The molecule has 0 aliphatic rings. The van der Waals surface area contributed by atoms with Crippen LogP contribution in [0.25, 0.3) is 11.0 Å². The van der Waals surface area contributed by atoms with E-state index in [9.17, 15) is 14.4 Å². The van der Waals surface area contributed by atoms with Crippen molar-refractivity contribution < 1.29 is 9.21 Å². The summed E-state index contributed by atoms with van der Waals surface area (Å²) in [4.78, 5) is 39.4. The summed E-state index contributed by atoms with van der Waals surface area (Å²) in [6, 6.07) is 9.00. The topological polar surface area (TPSA) is 104 Å². The van der Waals surface area contributed by atoms with Crippen LogP contribution in [0.15, 0.2) is 50.6 Å². The van der Waals surface area contributed by atoms with E-state index in [0.717, 1.165) is 15.7 Å². The van der Waals surface area contributed by atoms with Crippen molar-refractivity contribution in [2.75, 3.05) is 5.32 Å². The number of carbonyl (C=O) groups excluding carboxylic acids is 1. The predicted octanol–water partition coefficient (Wildman–Crippen LogP) is 2.58. The monoisotopic (exact) mass is 435 g/mol. The fourth-order valence-electron chi connectivity index (χ4n) is 3.80. The SMILES string of the molecule is CCn1nc(C)c2c1c(=O)n(Cc1ccco1)c(=O)n2CC(=O)Nc1ccc(C)c(C)c1. The number of amides is 1. The largest absolute Gasteiger partial charge is 0.467 e. The summed E-state index contributed by atoms with van der Waals surface area (Å²) in [7, 11) is 0. The van der Waals surface area contributed by atoms with Gasteiger partial charge in [-0.3, -0.25) is 23.4 Å². The fourth-order valence-corrected chi connectivity index (χ4v) is 3.80. The van der Waals surface area contributed by atoms with E-state index in [0.29, 0.717) is 29.2 Å². The van der Waals surface area contributed by atoms with Crippen LogP contribution in [0.5, 0.6) is 0 Å². The van der Waals surface area contributed by atoms with E-state index in [2.05, 4.69) is 10.4 Å². The summed E-state index contributed by atoms with van der Waals surface area (Å²) in [5.41, 5.74) is 2.93. The molecule has 166 valence electrons. The summed E-state index contributed by atoms with van der Waals surface area (Å²) >= 11 is 0. The molecular weight excluding hydrogens is 410 g/mol. The molecule has 9 heteroatoms. The lowest BCUT2D eigenvalue weighted by atomic mass is 10.1. The van der Waals surface area contributed by atoms with Crippen molar-refractivity contribution in [3.05, 3.63) is 80.0 Å². The van der Waals surface area contributed by atoms with Crippen LogP contribution in [0.1, 0.15) is 29.5 Å². The molecule has 0 spiro atoms. The minimum atomic E-state index is -0.590. The van der Waals surface area contributed by atoms with Gasteiger partial charge in [-0.05, 0) is 63.1 Å². The molecular formula is C23H25N5O4. The Balaban J connectivity index is 1.81. The molecule has 4 rings (SSSR count). The first-order valence-corrected chi connectivity index (χ1v) is 10.4. The van der Waals surface area contributed by atoms with Gasteiger partial charge in [0.2, 0.25) is 5.91 Å². The summed E-state index contributed by atoms with van der Waals surface area (Å²) in [6.07, 6.45) is 1.48. The maximum absolute atomic E-state index is 13.3. The van der Waals surface area contributed by atoms with Crippen molar-refractivity contribution in [1.29, 1.82) is 0 Å². The number of anilines is 1. The Bertz CT molecular complexity index is 1420. The molecule has 4 aromatic rings. The standard InChI is InChI=1S/C23H25N5O4/c1-5-28-21-20(16(4)25-28)26(13-19(29)24-17-9-8-14(2)15(3)11-17)23(31)27(22(21)30)12-18-7-6-10-32-18/h6-11H,5,12-13H2,1-4H3,(H,24,29). The van der Waals surface area contributed by atoms with E-state index in [1.807, 2.05) is 39.0 Å². The zero-order chi connectivity index (χ0) is 23.0. The smallest absolute Gasteiger partial charge is 0.332 e. The second kappa shape index (κ2) is 8.33. The highest BCUT2D eigenvalue weighted by atomic mass is 16.3. The third-order valence-electron chi connectivity index (χ3n) is 5.56. The Morgan fingerprint density at radius 3 is 2.50 bits per heavy atom. The van der Waals surface area contributed by atoms with Crippen LogP contribution in [0.2, 0.25) is 0 Å². The van der Waals surface area contributed by atoms with E-state index in [4.69, 9.17) is 4.42 Å². The van der Waals surface area contributed by atoms with Crippen molar-refractivity contribution in [2.24, 2.45) is 0 Å². The lowest BCUT2D eigenvalue weighted by Gasteiger charge is -2.13. The first-order valence-electron chi connectivity index (χ1n) is 10.4. The number of rotatable bonds is 6. The molecule has 0 atom stereocenters. The number of fused-ring (bicyclic) bond motifs is 1. The number of hydrogen-bond donors (Lipinski definition) is 1. The second-order valence-electron chi connectivity index (χ2n) is 7.78. The summed E-state index contributed by atoms with van der Waals surface area (Å²) in [5.74, 6) is 0.0949. The van der Waals surface area contributed by atoms with Crippen molar-refractivity contribution in [2.45, 2.75) is 47.3 Å². The van der Waals surface area contributed by atoms with E-state index in [1.165, 1.54) is 10.8 Å². The Labute approximate surface area is 183 Å². The maximum atomic E-state index is 13.3. The Kier molecular flexibility index (Phi) is 5.56. The molecule has 9 nitrogen and oxygen atoms in total. The Morgan fingerprint density at radius 2 is 1.84 bits per heavy atom. The van der Waals surface area contributed by atoms with Gasteiger partial charge in [-0.25, -0.2) is 4.79 Å². The highest BCUT2D eigenvalue weighted by molar-refractivity contribution is 5.91.